The molecule has 0 bridgehead atoms. The highest BCUT2D eigenvalue weighted by Crippen LogP contribution is 2.20. The van der Waals surface area contributed by atoms with Crippen LogP contribution >= 0.6 is 0 Å². The Hall–Kier alpha value is -2.05. The van der Waals surface area contributed by atoms with E-state index in [0.717, 1.165) is 12.8 Å². The minimum absolute atomic E-state index is 0.0166. The molecular weight excluding hydrogens is 260 g/mol. The van der Waals surface area contributed by atoms with Gasteiger partial charge in [-0.15, -0.1) is 0 Å². The van der Waals surface area contributed by atoms with Gasteiger partial charge >= 0.3 is 5.97 Å². The highest BCUT2D eigenvalue weighted by molar-refractivity contribution is 5.85. The van der Waals surface area contributed by atoms with Crippen molar-refractivity contribution in [2.75, 3.05) is 5.32 Å². The molecule has 20 heavy (non-hydrogen) atoms. The van der Waals surface area contributed by atoms with Gasteiger partial charge in [0.1, 0.15) is 0 Å². The van der Waals surface area contributed by atoms with Gasteiger partial charge in [-0.05, 0) is 12.8 Å². The van der Waals surface area contributed by atoms with E-state index >= 15 is 0 Å². The lowest BCUT2D eigenvalue weighted by molar-refractivity contribution is -0.122. The number of aromatic carboxylic acids is 1. The molecule has 2 unspecified atom stereocenters. The summed E-state index contributed by atoms with van der Waals surface area (Å²) in [5, 5.41) is 15.2. The van der Waals surface area contributed by atoms with Crippen molar-refractivity contribution >= 4 is 17.8 Å². The largest absolute Gasteiger partial charge is 0.476 e. The summed E-state index contributed by atoms with van der Waals surface area (Å²) in [7, 11) is 0. The van der Waals surface area contributed by atoms with Crippen LogP contribution in [0, 0.1) is 0 Å². The van der Waals surface area contributed by atoms with Gasteiger partial charge in [0.2, 0.25) is 11.9 Å². The second kappa shape index (κ2) is 5.94. The zero-order chi connectivity index (χ0) is 14.7. The van der Waals surface area contributed by atoms with Gasteiger partial charge in [0, 0.05) is 19.2 Å². The van der Waals surface area contributed by atoms with Gasteiger partial charge in [-0.3, -0.25) is 4.79 Å². The highest BCUT2D eigenvalue weighted by atomic mass is 16.4. The van der Waals surface area contributed by atoms with Crippen molar-refractivity contribution in [1.29, 1.82) is 0 Å². The number of hydrogen-bond acceptors (Lipinski definition) is 4. The molecule has 1 aromatic heterocycles. The first-order chi connectivity index (χ1) is 9.55. The van der Waals surface area contributed by atoms with Crippen LogP contribution in [0.1, 0.15) is 43.6 Å². The van der Waals surface area contributed by atoms with Gasteiger partial charge in [-0.25, -0.2) is 9.78 Å². The van der Waals surface area contributed by atoms with Gasteiger partial charge in [0.05, 0.1) is 12.1 Å². The third-order valence-corrected chi connectivity index (χ3v) is 3.45. The van der Waals surface area contributed by atoms with Crippen molar-refractivity contribution in [3.8, 4) is 0 Å². The van der Waals surface area contributed by atoms with Crippen molar-refractivity contribution in [2.24, 2.45) is 0 Å². The third-order valence-electron chi connectivity index (χ3n) is 3.45. The molecule has 0 saturated heterocycles. The maximum atomic E-state index is 11.7. The summed E-state index contributed by atoms with van der Waals surface area (Å²) >= 11 is 0. The molecule has 2 heterocycles. The number of fused-ring (bicyclic) bond motifs is 1. The summed E-state index contributed by atoms with van der Waals surface area (Å²) in [6.07, 6.45) is 3.63. The Bertz CT molecular complexity index is 512. The lowest BCUT2D eigenvalue weighted by atomic mass is 10.0. The normalized spacial score (nSPS) is 20.9. The van der Waals surface area contributed by atoms with Gasteiger partial charge in [0.15, 0.2) is 5.69 Å². The Morgan fingerprint density at radius 2 is 2.30 bits per heavy atom. The molecule has 3 N–H and O–H groups in total. The number of nitrogens with zero attached hydrogens (tertiary/aromatic N) is 2. The maximum Gasteiger partial charge on any atom is 0.356 e. The number of rotatable bonds is 5. The second-order valence-electron chi connectivity index (χ2n) is 4.99. The molecule has 0 radical (unpaired) electrons. The fourth-order valence-corrected chi connectivity index (χ4v) is 2.42. The van der Waals surface area contributed by atoms with Crippen molar-refractivity contribution in [1.82, 2.24) is 14.9 Å². The summed E-state index contributed by atoms with van der Waals surface area (Å²) in [6.45, 7) is 4.52. The van der Waals surface area contributed by atoms with Crippen LogP contribution in [0.3, 0.4) is 0 Å². The molecule has 1 aliphatic rings. The van der Waals surface area contributed by atoms with E-state index in [1.54, 1.807) is 4.57 Å². The van der Waals surface area contributed by atoms with Gasteiger partial charge in [-0.1, -0.05) is 13.8 Å². The summed E-state index contributed by atoms with van der Waals surface area (Å²) in [5.41, 5.74) is 0.0166. The molecule has 0 fully saturated rings. The van der Waals surface area contributed by atoms with Gasteiger partial charge in [0.25, 0.3) is 0 Å². The molecular formula is C13H20N4O3. The van der Waals surface area contributed by atoms with Crippen LogP contribution in [0.15, 0.2) is 6.20 Å². The molecule has 7 heteroatoms. The molecule has 1 amide bonds. The molecule has 7 nitrogen and oxygen atoms in total. The average molecular weight is 280 g/mol. The van der Waals surface area contributed by atoms with E-state index in [9.17, 15) is 9.59 Å². The van der Waals surface area contributed by atoms with Gasteiger partial charge < -0.3 is 20.3 Å². The van der Waals surface area contributed by atoms with Crippen molar-refractivity contribution < 1.29 is 14.7 Å². The number of anilines is 1. The molecule has 2 rings (SSSR count). The first-order valence-corrected chi connectivity index (χ1v) is 6.91. The molecule has 2 atom stereocenters. The first-order valence-electron chi connectivity index (χ1n) is 6.91. The monoisotopic (exact) mass is 280 g/mol. The van der Waals surface area contributed by atoms with E-state index in [1.807, 2.05) is 13.8 Å². The van der Waals surface area contributed by atoms with Crippen LogP contribution in [0.2, 0.25) is 0 Å². The molecule has 110 valence electrons. The summed E-state index contributed by atoms with van der Waals surface area (Å²) < 4.78 is 1.74. The van der Waals surface area contributed by atoms with E-state index in [0.29, 0.717) is 18.9 Å². The lowest BCUT2D eigenvalue weighted by Gasteiger charge is -2.33. The van der Waals surface area contributed by atoms with E-state index in [4.69, 9.17) is 5.11 Å². The van der Waals surface area contributed by atoms with Crippen LogP contribution in [0.25, 0.3) is 0 Å². The molecule has 1 aliphatic heterocycles. The maximum absolute atomic E-state index is 11.7. The summed E-state index contributed by atoms with van der Waals surface area (Å²) in [5.74, 6) is -0.469. The molecule has 1 aromatic rings. The minimum atomic E-state index is -1.05. The quantitative estimate of drug-likeness (QED) is 0.749. The highest BCUT2D eigenvalue weighted by Gasteiger charge is 2.29. The van der Waals surface area contributed by atoms with E-state index < -0.39 is 5.97 Å². The number of carboxylic acid groups (broad SMARTS) is 1. The van der Waals surface area contributed by atoms with Gasteiger partial charge in [-0.2, -0.15) is 0 Å². The predicted octanol–water partition coefficient (Wildman–Crippen LogP) is 1.07. The Labute approximate surface area is 117 Å². The number of aromatic nitrogens is 2. The number of hydrogen-bond donors (Lipinski definition) is 3. The second-order valence-corrected chi connectivity index (χ2v) is 4.99. The van der Waals surface area contributed by atoms with Crippen LogP contribution in [0.5, 0.6) is 0 Å². The standard InChI is InChI=1S/C13H20N4O3/c1-3-5-11(18)14-9-6-17-7-10(12(19)20)16-13(17)15-8(9)4-2/h7-9H,3-6H2,1-2H3,(H,14,18)(H,15,16)(H,19,20). The van der Waals surface area contributed by atoms with Crippen LogP contribution < -0.4 is 10.6 Å². The molecule has 0 spiro atoms. The van der Waals surface area contributed by atoms with Crippen molar-refractivity contribution in [3.63, 3.8) is 0 Å². The van der Waals surface area contributed by atoms with E-state index in [1.165, 1.54) is 6.20 Å². The number of carbonyl (C=O) groups is 2. The Balaban J connectivity index is 2.14. The number of imidazole rings is 1. The Morgan fingerprint density at radius 1 is 1.55 bits per heavy atom. The third kappa shape index (κ3) is 2.92. The van der Waals surface area contributed by atoms with Crippen molar-refractivity contribution in [2.45, 2.75) is 51.7 Å². The SMILES string of the molecule is CCCC(=O)NC1Cn2cc(C(=O)O)nc2NC1CC. The predicted molar refractivity (Wildman–Crippen MR) is 73.7 cm³/mol. The van der Waals surface area contributed by atoms with Crippen LogP contribution in [-0.4, -0.2) is 38.6 Å². The molecule has 0 saturated carbocycles. The van der Waals surface area contributed by atoms with Crippen molar-refractivity contribution in [3.05, 3.63) is 11.9 Å². The molecule has 0 aliphatic carbocycles. The summed E-state index contributed by atoms with van der Waals surface area (Å²) in [6, 6.07) is 0.00902. The zero-order valence-electron chi connectivity index (χ0n) is 11.7. The number of carboxylic acids is 1. The topological polar surface area (TPSA) is 96.2 Å². The number of nitrogens with one attached hydrogen (secondary N) is 2. The smallest absolute Gasteiger partial charge is 0.356 e. The lowest BCUT2D eigenvalue weighted by Crippen LogP contribution is -2.51. The number of amides is 1. The van der Waals surface area contributed by atoms with E-state index in [-0.39, 0.29) is 23.7 Å². The van der Waals surface area contributed by atoms with Crippen LogP contribution in [-0.2, 0) is 11.3 Å². The summed E-state index contributed by atoms with van der Waals surface area (Å²) in [4.78, 5) is 26.7. The fraction of sp³-hybridized carbons (Fsp3) is 0.615. The first kappa shape index (κ1) is 14.4. The average Bonchev–Trinajstić information content (AvgIpc) is 2.81. The van der Waals surface area contributed by atoms with Crippen LogP contribution in [0.4, 0.5) is 5.95 Å². The zero-order valence-corrected chi connectivity index (χ0v) is 11.7. The minimum Gasteiger partial charge on any atom is -0.476 e. The Morgan fingerprint density at radius 3 is 2.90 bits per heavy atom. The number of carbonyl (C=O) groups excluding carboxylic acids is 1. The molecule has 0 aromatic carbocycles. The Kier molecular flexibility index (Phi) is 4.26. The fourth-order valence-electron chi connectivity index (χ4n) is 2.42. The van der Waals surface area contributed by atoms with E-state index in [2.05, 4.69) is 15.6 Å².